The summed E-state index contributed by atoms with van der Waals surface area (Å²) in [6, 6.07) is 14.7. The lowest BCUT2D eigenvalue weighted by Gasteiger charge is -2.09. The Labute approximate surface area is 184 Å². The first-order valence-corrected chi connectivity index (χ1v) is 10.0. The lowest BCUT2D eigenvalue weighted by Crippen LogP contribution is -2.23. The third-order valence-corrected chi connectivity index (χ3v) is 5.42. The van der Waals surface area contributed by atoms with E-state index in [1.807, 2.05) is 54.8 Å². The SMILES string of the molecule is COc1ccc2c(c1)c(C(=O)C(=O)Nc1cc(C)[nH]n1)c(C)n2Cc1ccc(Cl)cc1. The van der Waals surface area contributed by atoms with Gasteiger partial charge in [-0.25, -0.2) is 0 Å². The van der Waals surface area contributed by atoms with Gasteiger partial charge in [-0.1, -0.05) is 23.7 Å². The zero-order valence-corrected chi connectivity index (χ0v) is 18.1. The van der Waals surface area contributed by atoms with Crippen LogP contribution in [0.2, 0.25) is 5.02 Å². The second-order valence-corrected chi connectivity index (χ2v) is 7.71. The lowest BCUT2D eigenvalue weighted by molar-refractivity contribution is -0.112. The number of nitrogens with zero attached hydrogens (tertiary/aromatic N) is 2. The molecule has 158 valence electrons. The number of ketones is 1. The van der Waals surface area contributed by atoms with Crippen molar-refractivity contribution in [3.63, 3.8) is 0 Å². The molecule has 0 aliphatic rings. The van der Waals surface area contributed by atoms with Gasteiger partial charge < -0.3 is 14.6 Å². The number of halogens is 1. The molecule has 4 rings (SSSR count). The lowest BCUT2D eigenvalue weighted by atomic mass is 10.1. The minimum atomic E-state index is -0.747. The van der Waals surface area contributed by atoms with Gasteiger partial charge >= 0.3 is 0 Å². The summed E-state index contributed by atoms with van der Waals surface area (Å²) < 4.78 is 7.36. The van der Waals surface area contributed by atoms with E-state index < -0.39 is 11.7 Å². The van der Waals surface area contributed by atoms with E-state index in [0.29, 0.717) is 39.8 Å². The number of hydrogen-bond acceptors (Lipinski definition) is 4. The van der Waals surface area contributed by atoms with Crippen molar-refractivity contribution in [2.24, 2.45) is 0 Å². The van der Waals surface area contributed by atoms with Gasteiger partial charge in [0.25, 0.3) is 11.7 Å². The molecule has 31 heavy (non-hydrogen) atoms. The molecule has 0 spiro atoms. The number of aromatic amines is 1. The molecule has 0 radical (unpaired) electrons. The van der Waals surface area contributed by atoms with Gasteiger partial charge in [-0.3, -0.25) is 14.7 Å². The molecule has 0 saturated carbocycles. The third-order valence-electron chi connectivity index (χ3n) is 5.17. The molecule has 2 aromatic carbocycles. The molecule has 0 atom stereocenters. The minimum absolute atomic E-state index is 0.302. The van der Waals surface area contributed by atoms with Crippen LogP contribution in [0.3, 0.4) is 0 Å². The summed E-state index contributed by atoms with van der Waals surface area (Å²) in [7, 11) is 1.56. The molecular weight excluding hydrogens is 416 g/mol. The molecule has 1 amide bonds. The van der Waals surface area contributed by atoms with E-state index in [0.717, 1.165) is 16.8 Å². The smallest absolute Gasteiger partial charge is 0.298 e. The molecule has 2 heterocycles. The largest absolute Gasteiger partial charge is 0.497 e. The van der Waals surface area contributed by atoms with Crippen molar-refractivity contribution in [2.75, 3.05) is 12.4 Å². The van der Waals surface area contributed by atoms with Gasteiger partial charge in [0.1, 0.15) is 5.75 Å². The van der Waals surface area contributed by atoms with Crippen molar-refractivity contribution in [1.29, 1.82) is 0 Å². The second kappa shape index (κ2) is 8.28. The van der Waals surface area contributed by atoms with Gasteiger partial charge in [-0.15, -0.1) is 0 Å². The number of nitrogens with one attached hydrogen (secondary N) is 2. The van der Waals surface area contributed by atoms with Crippen molar-refractivity contribution < 1.29 is 14.3 Å². The van der Waals surface area contributed by atoms with Gasteiger partial charge in [-0.2, -0.15) is 5.10 Å². The zero-order valence-electron chi connectivity index (χ0n) is 17.3. The van der Waals surface area contributed by atoms with Crippen LogP contribution in [0.15, 0.2) is 48.5 Å². The summed E-state index contributed by atoms with van der Waals surface area (Å²) in [6.07, 6.45) is 0. The van der Waals surface area contributed by atoms with E-state index in [4.69, 9.17) is 16.3 Å². The highest BCUT2D eigenvalue weighted by atomic mass is 35.5. The first-order valence-electron chi connectivity index (χ1n) is 9.66. The van der Waals surface area contributed by atoms with Crippen LogP contribution in [0.1, 0.15) is 27.3 Å². The Bertz CT molecular complexity index is 1290. The highest BCUT2D eigenvalue weighted by Gasteiger charge is 2.26. The van der Waals surface area contributed by atoms with E-state index in [1.54, 1.807) is 19.2 Å². The maximum atomic E-state index is 13.2. The summed E-state index contributed by atoms with van der Waals surface area (Å²) in [5.74, 6) is -0.473. The first kappa shape index (κ1) is 20.7. The number of hydrogen-bond donors (Lipinski definition) is 2. The fourth-order valence-corrected chi connectivity index (χ4v) is 3.75. The predicted octanol–water partition coefficient (Wildman–Crippen LogP) is 4.51. The Kier molecular flexibility index (Phi) is 5.52. The predicted molar refractivity (Wildman–Crippen MR) is 120 cm³/mol. The van der Waals surface area contributed by atoms with Crippen LogP contribution >= 0.6 is 11.6 Å². The number of carbonyl (C=O) groups excluding carboxylic acids is 2. The molecule has 8 heteroatoms. The molecule has 0 aliphatic carbocycles. The number of carbonyl (C=O) groups is 2. The van der Waals surface area contributed by atoms with Crippen LogP contribution in [-0.2, 0) is 11.3 Å². The van der Waals surface area contributed by atoms with Crippen LogP contribution in [-0.4, -0.2) is 33.6 Å². The van der Waals surface area contributed by atoms with E-state index >= 15 is 0 Å². The molecule has 2 N–H and O–H groups in total. The number of rotatable bonds is 6. The highest BCUT2D eigenvalue weighted by molar-refractivity contribution is 6.48. The van der Waals surface area contributed by atoms with Crippen LogP contribution in [0.25, 0.3) is 10.9 Å². The molecule has 0 fully saturated rings. The molecule has 7 nitrogen and oxygen atoms in total. The van der Waals surface area contributed by atoms with E-state index in [-0.39, 0.29) is 0 Å². The van der Waals surface area contributed by atoms with Gasteiger partial charge in [0.15, 0.2) is 5.82 Å². The number of aryl methyl sites for hydroxylation is 1. The van der Waals surface area contributed by atoms with Crippen molar-refractivity contribution in [3.05, 3.63) is 76.1 Å². The zero-order chi connectivity index (χ0) is 22.1. The number of benzene rings is 2. The normalized spacial score (nSPS) is 11.0. The Morgan fingerprint density at radius 2 is 1.87 bits per heavy atom. The fraction of sp³-hybridized carbons (Fsp3) is 0.174. The maximum absolute atomic E-state index is 13.2. The van der Waals surface area contributed by atoms with Crippen LogP contribution in [0, 0.1) is 13.8 Å². The van der Waals surface area contributed by atoms with Gasteiger partial charge in [0.2, 0.25) is 0 Å². The topological polar surface area (TPSA) is 89.0 Å². The van der Waals surface area contributed by atoms with Crippen molar-refractivity contribution >= 4 is 40.0 Å². The molecule has 4 aromatic rings. The van der Waals surface area contributed by atoms with Gasteiger partial charge in [-0.05, 0) is 49.7 Å². The first-order chi connectivity index (χ1) is 14.9. The number of amides is 1. The fourth-order valence-electron chi connectivity index (χ4n) is 3.62. The van der Waals surface area contributed by atoms with E-state index in [1.165, 1.54) is 0 Å². The standard InChI is InChI=1S/C23H21ClN4O3/c1-13-10-20(27-26-13)25-23(30)22(29)21-14(2)28(12-15-4-6-16(24)7-5-15)19-9-8-17(31-3)11-18(19)21/h4-11H,12H2,1-3H3,(H2,25,26,27,30). The summed E-state index contributed by atoms with van der Waals surface area (Å²) in [4.78, 5) is 25.9. The minimum Gasteiger partial charge on any atom is -0.497 e. The second-order valence-electron chi connectivity index (χ2n) is 7.28. The van der Waals surface area contributed by atoms with Gasteiger partial charge in [0, 0.05) is 39.9 Å². The van der Waals surface area contributed by atoms with E-state index in [9.17, 15) is 9.59 Å². The average molecular weight is 437 g/mol. The van der Waals surface area contributed by atoms with Crippen LogP contribution in [0.4, 0.5) is 5.82 Å². The maximum Gasteiger partial charge on any atom is 0.298 e. The Hall–Kier alpha value is -3.58. The summed E-state index contributed by atoms with van der Waals surface area (Å²) >= 11 is 6.01. The Morgan fingerprint density at radius 1 is 1.13 bits per heavy atom. The molecule has 0 bridgehead atoms. The van der Waals surface area contributed by atoms with Crippen molar-refractivity contribution in [2.45, 2.75) is 20.4 Å². The number of methoxy groups -OCH3 is 1. The number of ether oxygens (including phenoxy) is 1. The number of fused-ring (bicyclic) bond motifs is 1. The molecule has 2 aromatic heterocycles. The van der Waals surface area contributed by atoms with Crippen LogP contribution in [0.5, 0.6) is 5.75 Å². The monoisotopic (exact) mass is 436 g/mol. The van der Waals surface area contributed by atoms with Gasteiger partial charge in [0.05, 0.1) is 12.7 Å². The molecule has 0 aliphatic heterocycles. The quantitative estimate of drug-likeness (QED) is 0.343. The molecule has 0 unspecified atom stereocenters. The molecule has 0 saturated heterocycles. The Balaban J connectivity index is 1.77. The number of H-pyrrole nitrogens is 1. The molecular formula is C23H21ClN4O3. The van der Waals surface area contributed by atoms with Crippen molar-refractivity contribution in [1.82, 2.24) is 14.8 Å². The number of Topliss-reactive ketones (excluding diaryl/α,β-unsaturated/α-hetero) is 1. The summed E-state index contributed by atoms with van der Waals surface area (Å²) in [5, 5.41) is 10.6. The highest BCUT2D eigenvalue weighted by Crippen LogP contribution is 2.31. The third kappa shape index (κ3) is 4.04. The average Bonchev–Trinajstić information content (AvgIpc) is 3.29. The summed E-state index contributed by atoms with van der Waals surface area (Å²) in [6.45, 7) is 4.17. The van der Waals surface area contributed by atoms with Crippen LogP contribution < -0.4 is 10.1 Å². The number of anilines is 1. The Morgan fingerprint density at radius 3 is 2.52 bits per heavy atom. The summed E-state index contributed by atoms with van der Waals surface area (Å²) in [5.41, 5.74) is 3.67. The van der Waals surface area contributed by atoms with E-state index in [2.05, 4.69) is 15.5 Å². The van der Waals surface area contributed by atoms with Crippen molar-refractivity contribution in [3.8, 4) is 5.75 Å². The number of aromatic nitrogens is 3.